The number of rotatable bonds is 10. The van der Waals surface area contributed by atoms with Crippen LogP contribution in [0.5, 0.6) is 0 Å². The van der Waals surface area contributed by atoms with Crippen molar-refractivity contribution in [2.24, 2.45) is 0 Å². The molecule has 0 fully saturated rings. The van der Waals surface area contributed by atoms with Gasteiger partial charge in [0.15, 0.2) is 8.32 Å². The summed E-state index contributed by atoms with van der Waals surface area (Å²) in [6.07, 6.45) is 9.28. The predicted octanol–water partition coefficient (Wildman–Crippen LogP) is 5.33. The van der Waals surface area contributed by atoms with Gasteiger partial charge in [-0.3, -0.25) is 0 Å². The highest BCUT2D eigenvalue weighted by Crippen LogP contribution is 2.37. The summed E-state index contributed by atoms with van der Waals surface area (Å²) in [6, 6.07) is 0. The van der Waals surface area contributed by atoms with Gasteiger partial charge >= 0.3 is 0 Å². The van der Waals surface area contributed by atoms with Gasteiger partial charge in [0.05, 0.1) is 0 Å². The maximum Gasteiger partial charge on any atom is 0.193 e. The number of carbonyl (C=O) groups excluding carboxylic acids is 1. The Kier molecular flexibility index (Phi) is 8.84. The second-order valence-corrected chi connectivity index (χ2v) is 11.9. The van der Waals surface area contributed by atoms with E-state index in [-0.39, 0.29) is 11.1 Å². The predicted molar refractivity (Wildman–Crippen MR) is 86.1 cm³/mol. The van der Waals surface area contributed by atoms with Gasteiger partial charge in [-0.1, -0.05) is 66.2 Å². The normalized spacial score (nSPS) is 14.4. The number of hydrogen-bond acceptors (Lipinski definition) is 2. The van der Waals surface area contributed by atoms with Crippen molar-refractivity contribution in [1.82, 2.24) is 0 Å². The summed E-state index contributed by atoms with van der Waals surface area (Å²) < 4.78 is 6.15. The summed E-state index contributed by atoms with van der Waals surface area (Å²) in [6.45, 7) is 13.3. The molecular formula is C16H34O2Si. The molecule has 0 spiro atoms. The van der Waals surface area contributed by atoms with Gasteiger partial charge in [0.1, 0.15) is 12.4 Å². The van der Waals surface area contributed by atoms with E-state index in [1.54, 1.807) is 0 Å². The molecule has 3 heteroatoms. The second kappa shape index (κ2) is 8.91. The van der Waals surface area contributed by atoms with Crippen LogP contribution in [0.1, 0.15) is 72.6 Å². The van der Waals surface area contributed by atoms with Crippen LogP contribution in [0.25, 0.3) is 0 Å². The smallest absolute Gasteiger partial charge is 0.193 e. The molecule has 0 aliphatic rings. The zero-order chi connectivity index (χ0) is 14.9. The largest absolute Gasteiger partial charge is 0.407 e. The molecule has 2 nitrogen and oxygen atoms in total. The molecule has 0 heterocycles. The molecule has 0 aliphatic carbocycles. The molecule has 0 aromatic carbocycles. The van der Waals surface area contributed by atoms with E-state index in [0.717, 1.165) is 19.1 Å². The van der Waals surface area contributed by atoms with Gasteiger partial charge in [0.2, 0.25) is 0 Å². The van der Waals surface area contributed by atoms with E-state index in [1.165, 1.54) is 32.1 Å². The number of hydrogen-bond donors (Lipinski definition) is 0. The first kappa shape index (κ1) is 18.8. The van der Waals surface area contributed by atoms with Crippen LogP contribution in [0.3, 0.4) is 0 Å². The third-order valence-corrected chi connectivity index (χ3v) is 8.75. The Labute approximate surface area is 121 Å². The van der Waals surface area contributed by atoms with Crippen LogP contribution >= 0.6 is 0 Å². The summed E-state index contributed by atoms with van der Waals surface area (Å²) >= 11 is 0. The highest BCUT2D eigenvalue weighted by Gasteiger charge is 2.38. The van der Waals surface area contributed by atoms with E-state index in [0.29, 0.717) is 0 Å². The lowest BCUT2D eigenvalue weighted by Crippen LogP contribution is -2.44. The summed E-state index contributed by atoms with van der Waals surface area (Å²) in [5, 5.41) is 0.176. The van der Waals surface area contributed by atoms with Crippen molar-refractivity contribution in [3.8, 4) is 0 Å². The molecule has 0 radical (unpaired) electrons. The third-order valence-electron chi connectivity index (χ3n) is 4.25. The molecular weight excluding hydrogens is 252 g/mol. The molecule has 0 rings (SSSR count). The van der Waals surface area contributed by atoms with E-state index in [2.05, 4.69) is 40.8 Å². The van der Waals surface area contributed by atoms with Crippen molar-refractivity contribution >= 4 is 14.6 Å². The van der Waals surface area contributed by atoms with Gasteiger partial charge < -0.3 is 9.22 Å². The molecule has 0 aromatic heterocycles. The average molecular weight is 287 g/mol. The Morgan fingerprint density at radius 3 is 2.05 bits per heavy atom. The zero-order valence-electron chi connectivity index (χ0n) is 13.9. The van der Waals surface area contributed by atoms with Crippen LogP contribution in [-0.4, -0.2) is 20.7 Å². The van der Waals surface area contributed by atoms with E-state index in [4.69, 9.17) is 4.43 Å². The van der Waals surface area contributed by atoms with Gasteiger partial charge in [-0.15, -0.1) is 0 Å². The molecule has 0 bridgehead atoms. The maximum atomic E-state index is 11.2. The SMILES string of the molecule is CCCCCCCCC(C=O)O[Si](C)(C)C(C)(C)C. The van der Waals surface area contributed by atoms with Crippen molar-refractivity contribution in [3.05, 3.63) is 0 Å². The molecule has 0 N–H and O–H groups in total. The fourth-order valence-corrected chi connectivity index (χ4v) is 3.12. The van der Waals surface area contributed by atoms with Crippen molar-refractivity contribution in [3.63, 3.8) is 0 Å². The number of unbranched alkanes of at least 4 members (excludes halogenated alkanes) is 5. The summed E-state index contributed by atoms with van der Waals surface area (Å²) in [5.41, 5.74) is 0. The van der Waals surface area contributed by atoms with Crippen LogP contribution in [0.4, 0.5) is 0 Å². The summed E-state index contributed by atoms with van der Waals surface area (Å²) in [7, 11) is -1.80. The van der Waals surface area contributed by atoms with Crippen LogP contribution in [0, 0.1) is 0 Å². The topological polar surface area (TPSA) is 26.3 Å². The summed E-state index contributed by atoms with van der Waals surface area (Å²) in [4.78, 5) is 11.2. The van der Waals surface area contributed by atoms with Crippen LogP contribution in [0.2, 0.25) is 18.1 Å². The van der Waals surface area contributed by atoms with Gasteiger partial charge in [-0.2, -0.15) is 0 Å². The van der Waals surface area contributed by atoms with E-state index < -0.39 is 8.32 Å². The molecule has 0 saturated heterocycles. The first-order valence-corrected chi connectivity index (χ1v) is 10.8. The lowest BCUT2D eigenvalue weighted by atomic mass is 10.1. The molecule has 19 heavy (non-hydrogen) atoms. The lowest BCUT2D eigenvalue weighted by molar-refractivity contribution is -0.114. The lowest BCUT2D eigenvalue weighted by Gasteiger charge is -2.38. The molecule has 0 saturated carbocycles. The van der Waals surface area contributed by atoms with Gasteiger partial charge in [-0.05, 0) is 24.6 Å². The van der Waals surface area contributed by atoms with E-state index in [9.17, 15) is 4.79 Å². The number of aldehydes is 1. The standard InChI is InChI=1S/C16H34O2Si/c1-7-8-9-10-11-12-13-15(14-17)18-19(5,6)16(2,3)4/h14-15H,7-13H2,1-6H3. The molecule has 0 amide bonds. The van der Waals surface area contributed by atoms with Gasteiger partial charge in [-0.25, -0.2) is 0 Å². The highest BCUT2D eigenvalue weighted by molar-refractivity contribution is 6.74. The fraction of sp³-hybridized carbons (Fsp3) is 0.938. The molecule has 1 unspecified atom stereocenters. The quantitative estimate of drug-likeness (QED) is 0.308. The molecule has 114 valence electrons. The minimum Gasteiger partial charge on any atom is -0.407 e. The van der Waals surface area contributed by atoms with Crippen LogP contribution in [-0.2, 0) is 9.22 Å². The highest BCUT2D eigenvalue weighted by atomic mass is 28.4. The molecule has 0 aliphatic heterocycles. The van der Waals surface area contributed by atoms with Crippen molar-refractivity contribution in [2.45, 2.75) is 96.9 Å². The minimum atomic E-state index is -1.80. The number of carbonyl (C=O) groups is 1. The van der Waals surface area contributed by atoms with Crippen LogP contribution < -0.4 is 0 Å². The first-order valence-electron chi connectivity index (χ1n) is 7.87. The second-order valence-electron chi connectivity index (χ2n) is 7.11. The molecule has 1 atom stereocenters. The zero-order valence-corrected chi connectivity index (χ0v) is 14.9. The Balaban J connectivity index is 3.99. The average Bonchev–Trinajstić information content (AvgIpc) is 2.30. The Hall–Kier alpha value is -0.153. The third kappa shape index (κ3) is 7.88. The Bertz CT molecular complexity index is 244. The van der Waals surface area contributed by atoms with E-state index >= 15 is 0 Å². The van der Waals surface area contributed by atoms with Crippen molar-refractivity contribution < 1.29 is 9.22 Å². The summed E-state index contributed by atoms with van der Waals surface area (Å²) in [5.74, 6) is 0. The minimum absolute atomic E-state index is 0.176. The van der Waals surface area contributed by atoms with E-state index in [1.807, 2.05) is 0 Å². The fourth-order valence-electron chi connectivity index (χ4n) is 1.84. The van der Waals surface area contributed by atoms with Crippen LogP contribution in [0.15, 0.2) is 0 Å². The Morgan fingerprint density at radius 2 is 1.58 bits per heavy atom. The first-order chi connectivity index (χ1) is 8.74. The van der Waals surface area contributed by atoms with Crippen molar-refractivity contribution in [2.75, 3.05) is 0 Å². The monoisotopic (exact) mass is 286 g/mol. The van der Waals surface area contributed by atoms with Gasteiger partial charge in [0, 0.05) is 0 Å². The van der Waals surface area contributed by atoms with Gasteiger partial charge in [0.25, 0.3) is 0 Å². The van der Waals surface area contributed by atoms with Crippen molar-refractivity contribution in [1.29, 1.82) is 0 Å². The maximum absolute atomic E-state index is 11.2. The molecule has 0 aromatic rings. The Morgan fingerprint density at radius 1 is 1.05 bits per heavy atom.